The van der Waals surface area contributed by atoms with Gasteiger partial charge in [0.2, 0.25) is 0 Å². The van der Waals surface area contributed by atoms with E-state index in [9.17, 15) is 19.5 Å². The fourth-order valence-electron chi connectivity index (χ4n) is 7.52. The molecule has 7 atom stereocenters. The van der Waals surface area contributed by atoms with E-state index in [1.165, 1.54) is 5.57 Å². The minimum absolute atomic E-state index is 0.114. The first-order valence-electron chi connectivity index (χ1n) is 10.8. The van der Waals surface area contributed by atoms with Gasteiger partial charge < -0.3 is 10.2 Å². The van der Waals surface area contributed by atoms with Gasteiger partial charge in [-0.1, -0.05) is 19.4 Å². The van der Waals surface area contributed by atoms with Crippen molar-refractivity contribution in [3.8, 4) is 0 Å². The summed E-state index contributed by atoms with van der Waals surface area (Å²) in [6.07, 6.45) is 7.44. The molecule has 3 fully saturated rings. The quantitative estimate of drug-likeness (QED) is 0.769. The minimum atomic E-state index is -1.39. The van der Waals surface area contributed by atoms with Crippen molar-refractivity contribution in [3.05, 3.63) is 11.6 Å². The van der Waals surface area contributed by atoms with Crippen LogP contribution in [0, 0.1) is 34.5 Å². The number of aliphatic carboxylic acids is 1. The van der Waals surface area contributed by atoms with Crippen LogP contribution in [-0.2, 0) is 14.4 Å². The smallest absolute Gasteiger partial charge is 0.306 e. The first-order valence-corrected chi connectivity index (χ1v) is 10.8. The SMILES string of the molecule is C[C@]12CC[C@H]3[C@@H](CCC4=CC(=O)CC[C@@]43C)[C@@H]1CC[C@@H]2C(=O)[C@@H](O)CC(=O)O. The maximum atomic E-state index is 12.9. The van der Waals surface area contributed by atoms with Crippen molar-refractivity contribution in [1.29, 1.82) is 0 Å². The van der Waals surface area contributed by atoms with E-state index in [4.69, 9.17) is 5.11 Å². The zero-order valence-corrected chi connectivity index (χ0v) is 16.9. The molecule has 4 aliphatic carbocycles. The summed E-state index contributed by atoms with van der Waals surface area (Å²) in [5, 5.41) is 19.1. The molecule has 28 heavy (non-hydrogen) atoms. The molecule has 154 valence electrons. The third-order valence-electron chi connectivity index (χ3n) is 9.00. The van der Waals surface area contributed by atoms with Crippen LogP contribution in [-0.4, -0.2) is 33.9 Å². The largest absolute Gasteiger partial charge is 0.481 e. The fraction of sp³-hybridized carbons (Fsp3) is 0.783. The number of hydrogen-bond acceptors (Lipinski definition) is 4. The summed E-state index contributed by atoms with van der Waals surface area (Å²) in [6.45, 7) is 4.55. The summed E-state index contributed by atoms with van der Waals surface area (Å²) in [5.41, 5.74) is 1.32. The second-order valence-electron chi connectivity index (χ2n) is 10.2. The van der Waals surface area contributed by atoms with Gasteiger partial charge >= 0.3 is 5.97 Å². The van der Waals surface area contributed by atoms with Gasteiger partial charge in [0, 0.05) is 12.3 Å². The molecule has 4 rings (SSSR count). The van der Waals surface area contributed by atoms with Crippen LogP contribution in [0.2, 0.25) is 0 Å². The lowest BCUT2D eigenvalue weighted by molar-refractivity contribution is -0.147. The normalized spacial score (nSPS) is 43.4. The van der Waals surface area contributed by atoms with Crippen LogP contribution >= 0.6 is 0 Å². The Labute approximate surface area is 166 Å². The Morgan fingerprint density at radius 3 is 2.57 bits per heavy atom. The monoisotopic (exact) mass is 388 g/mol. The van der Waals surface area contributed by atoms with Gasteiger partial charge in [0.1, 0.15) is 6.10 Å². The van der Waals surface area contributed by atoms with E-state index >= 15 is 0 Å². The highest BCUT2D eigenvalue weighted by Crippen LogP contribution is 2.66. The van der Waals surface area contributed by atoms with Gasteiger partial charge in [-0.2, -0.15) is 0 Å². The standard InChI is InChI=1S/C23H32O5/c1-22-9-7-14(24)11-13(22)3-4-15-16-5-6-18(21(28)19(25)12-20(26)27)23(16,2)10-8-17(15)22/h11,15-19,25H,3-10,12H2,1-2H3,(H,26,27)/t15-,16-,17-,18+,19-,22-,23-/m0/s1. The Hall–Kier alpha value is -1.49. The van der Waals surface area contributed by atoms with Gasteiger partial charge in [0.25, 0.3) is 0 Å². The third-order valence-corrected chi connectivity index (χ3v) is 9.00. The van der Waals surface area contributed by atoms with E-state index in [-0.39, 0.29) is 28.3 Å². The maximum absolute atomic E-state index is 12.9. The Balaban J connectivity index is 1.57. The summed E-state index contributed by atoms with van der Waals surface area (Å²) in [6, 6.07) is 0. The second kappa shape index (κ2) is 6.79. The molecule has 0 unspecified atom stereocenters. The van der Waals surface area contributed by atoms with E-state index in [0.29, 0.717) is 24.2 Å². The second-order valence-corrected chi connectivity index (χ2v) is 10.2. The summed E-state index contributed by atoms with van der Waals surface area (Å²) in [7, 11) is 0. The number of aliphatic hydroxyl groups is 1. The molecular formula is C23H32O5. The number of carbonyl (C=O) groups is 3. The van der Waals surface area contributed by atoms with Crippen LogP contribution in [0.3, 0.4) is 0 Å². The maximum Gasteiger partial charge on any atom is 0.306 e. The van der Waals surface area contributed by atoms with Crippen LogP contribution in [0.5, 0.6) is 0 Å². The number of rotatable bonds is 4. The zero-order valence-electron chi connectivity index (χ0n) is 16.9. The van der Waals surface area contributed by atoms with Crippen LogP contribution < -0.4 is 0 Å². The number of carbonyl (C=O) groups excluding carboxylic acids is 2. The molecule has 5 heteroatoms. The molecule has 0 spiro atoms. The molecule has 0 aromatic heterocycles. The molecule has 2 N–H and O–H groups in total. The van der Waals surface area contributed by atoms with Crippen LogP contribution in [0.25, 0.3) is 0 Å². The molecule has 0 bridgehead atoms. The highest BCUT2D eigenvalue weighted by Gasteiger charge is 2.60. The number of carboxylic acid groups (broad SMARTS) is 1. The van der Waals surface area contributed by atoms with E-state index in [1.54, 1.807) is 0 Å². The number of hydrogen-bond donors (Lipinski definition) is 2. The van der Waals surface area contributed by atoms with Crippen molar-refractivity contribution in [3.63, 3.8) is 0 Å². The Kier molecular flexibility index (Phi) is 4.80. The number of fused-ring (bicyclic) bond motifs is 5. The average molecular weight is 389 g/mol. The molecule has 0 aliphatic heterocycles. The number of ketones is 2. The number of Topliss-reactive ketones (excluding diaryl/α,β-unsaturated/α-hetero) is 1. The molecule has 3 saturated carbocycles. The lowest BCUT2D eigenvalue weighted by Gasteiger charge is -2.58. The van der Waals surface area contributed by atoms with E-state index < -0.39 is 18.5 Å². The van der Waals surface area contributed by atoms with Gasteiger partial charge in [0.05, 0.1) is 6.42 Å². The molecule has 0 heterocycles. The fourth-order valence-corrected chi connectivity index (χ4v) is 7.52. The molecule has 4 aliphatic rings. The summed E-state index contributed by atoms with van der Waals surface area (Å²) in [5.74, 6) is 0.219. The Morgan fingerprint density at radius 2 is 1.86 bits per heavy atom. The third kappa shape index (κ3) is 2.89. The minimum Gasteiger partial charge on any atom is -0.481 e. The van der Waals surface area contributed by atoms with E-state index in [2.05, 4.69) is 13.8 Å². The lowest BCUT2D eigenvalue weighted by atomic mass is 9.46. The van der Waals surface area contributed by atoms with Crippen molar-refractivity contribution >= 4 is 17.5 Å². The molecule has 5 nitrogen and oxygen atoms in total. The van der Waals surface area contributed by atoms with Crippen LogP contribution in [0.1, 0.15) is 71.6 Å². The van der Waals surface area contributed by atoms with Crippen LogP contribution in [0.15, 0.2) is 11.6 Å². The summed E-state index contributed by atoms with van der Waals surface area (Å²) >= 11 is 0. The van der Waals surface area contributed by atoms with Crippen LogP contribution in [0.4, 0.5) is 0 Å². The van der Waals surface area contributed by atoms with E-state index in [1.807, 2.05) is 6.08 Å². The summed E-state index contributed by atoms with van der Waals surface area (Å²) in [4.78, 5) is 35.7. The van der Waals surface area contributed by atoms with Gasteiger partial charge in [-0.25, -0.2) is 0 Å². The molecule has 0 amide bonds. The highest BCUT2D eigenvalue weighted by molar-refractivity contribution is 5.91. The van der Waals surface area contributed by atoms with Crippen molar-refractivity contribution in [2.45, 2.75) is 77.7 Å². The topological polar surface area (TPSA) is 91.7 Å². The predicted molar refractivity (Wildman–Crippen MR) is 103 cm³/mol. The number of aliphatic hydroxyl groups excluding tert-OH is 1. The number of allylic oxidation sites excluding steroid dienone is 1. The Morgan fingerprint density at radius 1 is 1.11 bits per heavy atom. The summed E-state index contributed by atoms with van der Waals surface area (Å²) < 4.78 is 0. The number of carboxylic acids is 1. The molecule has 0 aromatic carbocycles. The lowest BCUT2D eigenvalue weighted by Crippen LogP contribution is -2.51. The van der Waals surface area contributed by atoms with Gasteiger partial charge in [-0.15, -0.1) is 0 Å². The van der Waals surface area contributed by atoms with Crippen molar-refractivity contribution in [2.24, 2.45) is 34.5 Å². The van der Waals surface area contributed by atoms with Crippen molar-refractivity contribution in [1.82, 2.24) is 0 Å². The molecule has 0 aromatic rings. The van der Waals surface area contributed by atoms with Gasteiger partial charge in [-0.05, 0) is 79.6 Å². The van der Waals surface area contributed by atoms with Gasteiger partial charge in [0.15, 0.2) is 11.6 Å². The average Bonchev–Trinajstić information content (AvgIpc) is 2.98. The first-order chi connectivity index (χ1) is 13.2. The van der Waals surface area contributed by atoms with Crippen molar-refractivity contribution in [2.75, 3.05) is 0 Å². The van der Waals surface area contributed by atoms with E-state index in [0.717, 1.165) is 44.9 Å². The molecule has 0 radical (unpaired) electrons. The highest BCUT2D eigenvalue weighted by atomic mass is 16.4. The predicted octanol–water partition coefficient (Wildman–Crippen LogP) is 3.54. The first kappa shape index (κ1) is 19.8. The zero-order chi connectivity index (χ0) is 20.3. The van der Waals surface area contributed by atoms with Crippen molar-refractivity contribution < 1.29 is 24.6 Å². The molecule has 0 saturated heterocycles. The van der Waals surface area contributed by atoms with Gasteiger partial charge in [-0.3, -0.25) is 14.4 Å². The Bertz CT molecular complexity index is 739. The molecular weight excluding hydrogens is 356 g/mol.